The Morgan fingerprint density at radius 3 is 2.59 bits per heavy atom. The van der Waals surface area contributed by atoms with E-state index in [1.54, 1.807) is 7.05 Å². The molecule has 0 aliphatic carbocycles. The van der Waals surface area contributed by atoms with E-state index in [0.717, 1.165) is 25.1 Å². The molecule has 2 aromatic rings. The summed E-state index contributed by atoms with van der Waals surface area (Å²) in [6.45, 7) is 3.06. The summed E-state index contributed by atoms with van der Waals surface area (Å²) in [6, 6.07) is 18.4. The SMILES string of the molecule is CN=C(NCC(=O)N1CCCc2ccccc21)NC(C)c1ccccc1.I. The zero-order valence-electron chi connectivity index (χ0n) is 15.8. The van der Waals surface area contributed by atoms with Crippen molar-refractivity contribution in [2.45, 2.75) is 25.8 Å². The van der Waals surface area contributed by atoms with Crippen LogP contribution in [0.15, 0.2) is 59.6 Å². The molecule has 0 fully saturated rings. The molecule has 0 saturated carbocycles. The van der Waals surface area contributed by atoms with Crippen molar-refractivity contribution in [1.29, 1.82) is 0 Å². The molecule has 0 saturated heterocycles. The fourth-order valence-electron chi connectivity index (χ4n) is 3.27. The van der Waals surface area contributed by atoms with Crippen molar-refractivity contribution in [2.24, 2.45) is 4.99 Å². The highest BCUT2D eigenvalue weighted by Crippen LogP contribution is 2.26. The van der Waals surface area contributed by atoms with Gasteiger partial charge in [0.05, 0.1) is 12.6 Å². The molecular weight excluding hydrogens is 451 g/mol. The highest BCUT2D eigenvalue weighted by atomic mass is 127. The van der Waals surface area contributed by atoms with E-state index in [1.807, 2.05) is 41.3 Å². The third kappa shape index (κ3) is 5.45. The molecule has 1 atom stereocenters. The maximum Gasteiger partial charge on any atom is 0.246 e. The molecule has 2 N–H and O–H groups in total. The smallest absolute Gasteiger partial charge is 0.246 e. The van der Waals surface area contributed by atoms with Gasteiger partial charge in [-0.25, -0.2) is 0 Å². The molecule has 1 amide bonds. The Labute approximate surface area is 178 Å². The van der Waals surface area contributed by atoms with E-state index in [0.29, 0.717) is 5.96 Å². The third-order valence-corrected chi connectivity index (χ3v) is 4.69. The molecule has 1 aliphatic rings. The number of nitrogens with one attached hydrogen (secondary N) is 2. The van der Waals surface area contributed by atoms with Gasteiger partial charge in [0.2, 0.25) is 5.91 Å². The lowest BCUT2D eigenvalue weighted by atomic mass is 10.0. The summed E-state index contributed by atoms with van der Waals surface area (Å²) < 4.78 is 0. The second-order valence-corrected chi connectivity index (χ2v) is 6.48. The topological polar surface area (TPSA) is 56.7 Å². The molecule has 6 heteroatoms. The maximum absolute atomic E-state index is 12.7. The number of anilines is 1. The highest BCUT2D eigenvalue weighted by Gasteiger charge is 2.22. The van der Waals surface area contributed by atoms with Crippen LogP contribution in [0.4, 0.5) is 5.69 Å². The number of benzene rings is 2. The van der Waals surface area contributed by atoms with Gasteiger partial charge in [-0.3, -0.25) is 9.79 Å². The van der Waals surface area contributed by atoms with E-state index >= 15 is 0 Å². The van der Waals surface area contributed by atoms with Crippen molar-refractivity contribution in [2.75, 3.05) is 25.0 Å². The van der Waals surface area contributed by atoms with Crippen molar-refractivity contribution >= 4 is 41.5 Å². The van der Waals surface area contributed by atoms with E-state index in [1.165, 1.54) is 11.1 Å². The second-order valence-electron chi connectivity index (χ2n) is 6.48. The van der Waals surface area contributed by atoms with Crippen LogP contribution in [0.25, 0.3) is 0 Å². The van der Waals surface area contributed by atoms with E-state index in [9.17, 15) is 4.79 Å². The van der Waals surface area contributed by atoms with Crippen LogP contribution in [0.3, 0.4) is 0 Å². The number of carbonyl (C=O) groups excluding carboxylic acids is 1. The number of carbonyl (C=O) groups is 1. The number of para-hydroxylation sites is 1. The minimum absolute atomic E-state index is 0. The van der Waals surface area contributed by atoms with Crippen LogP contribution < -0.4 is 15.5 Å². The van der Waals surface area contributed by atoms with E-state index in [-0.39, 0.29) is 42.5 Å². The zero-order valence-corrected chi connectivity index (χ0v) is 18.1. The van der Waals surface area contributed by atoms with Gasteiger partial charge >= 0.3 is 0 Å². The largest absolute Gasteiger partial charge is 0.350 e. The monoisotopic (exact) mass is 478 g/mol. The van der Waals surface area contributed by atoms with E-state index in [2.05, 4.69) is 40.7 Å². The fourth-order valence-corrected chi connectivity index (χ4v) is 3.27. The summed E-state index contributed by atoms with van der Waals surface area (Å²) in [4.78, 5) is 18.8. The second kappa shape index (κ2) is 10.3. The van der Waals surface area contributed by atoms with Crippen LogP contribution in [0.5, 0.6) is 0 Å². The Bertz CT molecular complexity index is 779. The lowest BCUT2D eigenvalue weighted by Crippen LogP contribution is -2.46. The van der Waals surface area contributed by atoms with E-state index < -0.39 is 0 Å². The quantitative estimate of drug-likeness (QED) is 0.402. The first-order valence-corrected chi connectivity index (χ1v) is 9.09. The van der Waals surface area contributed by atoms with Crippen molar-refractivity contribution in [3.05, 3.63) is 65.7 Å². The Morgan fingerprint density at radius 2 is 1.85 bits per heavy atom. The van der Waals surface area contributed by atoms with Crippen LogP contribution in [0.2, 0.25) is 0 Å². The van der Waals surface area contributed by atoms with Gasteiger partial charge < -0.3 is 15.5 Å². The van der Waals surface area contributed by atoms with Gasteiger partial charge in [0, 0.05) is 19.3 Å². The number of guanidine groups is 1. The normalized spacial score (nSPS) is 14.6. The van der Waals surface area contributed by atoms with Crippen molar-refractivity contribution in [1.82, 2.24) is 10.6 Å². The predicted octanol–water partition coefficient (Wildman–Crippen LogP) is 3.51. The van der Waals surface area contributed by atoms with Gasteiger partial charge in [-0.1, -0.05) is 48.5 Å². The Morgan fingerprint density at radius 1 is 1.15 bits per heavy atom. The van der Waals surface area contributed by atoms with Gasteiger partial charge in [0.1, 0.15) is 0 Å². The van der Waals surface area contributed by atoms with Crippen molar-refractivity contribution in [3.63, 3.8) is 0 Å². The molecule has 2 aromatic carbocycles. The molecule has 1 unspecified atom stereocenters. The molecule has 5 nitrogen and oxygen atoms in total. The van der Waals surface area contributed by atoms with Gasteiger partial charge in [-0.15, -0.1) is 24.0 Å². The maximum atomic E-state index is 12.7. The summed E-state index contributed by atoms with van der Waals surface area (Å²) in [5.74, 6) is 0.687. The minimum atomic E-state index is 0. The number of fused-ring (bicyclic) bond motifs is 1. The highest BCUT2D eigenvalue weighted by molar-refractivity contribution is 14.0. The Balaban J connectivity index is 0.00000261. The number of aliphatic imine (C=N–C) groups is 1. The number of amides is 1. The average molecular weight is 478 g/mol. The lowest BCUT2D eigenvalue weighted by molar-refractivity contribution is -0.117. The molecule has 0 radical (unpaired) electrons. The Hall–Kier alpha value is -2.09. The van der Waals surface area contributed by atoms with Crippen LogP contribution in [0.1, 0.15) is 30.5 Å². The van der Waals surface area contributed by atoms with Crippen LogP contribution in [-0.4, -0.2) is 32.0 Å². The van der Waals surface area contributed by atoms with Crippen molar-refractivity contribution < 1.29 is 4.79 Å². The first kappa shape index (κ1) is 21.2. The van der Waals surface area contributed by atoms with Gasteiger partial charge in [-0.2, -0.15) is 0 Å². The fraction of sp³-hybridized carbons (Fsp3) is 0.333. The summed E-state index contributed by atoms with van der Waals surface area (Å²) in [5.41, 5.74) is 3.45. The molecule has 1 heterocycles. The number of halogens is 1. The van der Waals surface area contributed by atoms with Crippen LogP contribution in [-0.2, 0) is 11.2 Å². The van der Waals surface area contributed by atoms with Gasteiger partial charge in [0.15, 0.2) is 5.96 Å². The molecular formula is C21H27IN4O. The van der Waals surface area contributed by atoms with Crippen LogP contribution >= 0.6 is 24.0 Å². The van der Waals surface area contributed by atoms with Gasteiger partial charge in [0.25, 0.3) is 0 Å². The average Bonchev–Trinajstić information content (AvgIpc) is 2.70. The van der Waals surface area contributed by atoms with Crippen molar-refractivity contribution in [3.8, 4) is 0 Å². The summed E-state index contributed by atoms with van der Waals surface area (Å²) in [7, 11) is 1.72. The summed E-state index contributed by atoms with van der Waals surface area (Å²) in [6.07, 6.45) is 2.03. The minimum Gasteiger partial charge on any atom is -0.350 e. The first-order chi connectivity index (χ1) is 12.7. The van der Waals surface area contributed by atoms with Gasteiger partial charge in [-0.05, 0) is 37.0 Å². The third-order valence-electron chi connectivity index (χ3n) is 4.69. The molecule has 3 rings (SSSR count). The Kier molecular flexibility index (Phi) is 8.09. The molecule has 0 bridgehead atoms. The predicted molar refractivity (Wildman–Crippen MR) is 122 cm³/mol. The number of hydrogen-bond acceptors (Lipinski definition) is 2. The number of aryl methyl sites for hydroxylation is 1. The first-order valence-electron chi connectivity index (χ1n) is 9.09. The number of hydrogen-bond donors (Lipinski definition) is 2. The molecule has 0 spiro atoms. The standard InChI is InChI=1S/C21H26N4O.HI/c1-16(17-9-4-3-5-10-17)24-21(22-2)23-15-20(26)25-14-8-12-18-11-6-7-13-19(18)25;/h3-7,9-11,13,16H,8,12,14-15H2,1-2H3,(H2,22,23,24);1H. The number of nitrogens with zero attached hydrogens (tertiary/aromatic N) is 2. The lowest BCUT2D eigenvalue weighted by Gasteiger charge is -2.30. The van der Waals surface area contributed by atoms with Crippen LogP contribution in [0, 0.1) is 0 Å². The molecule has 1 aliphatic heterocycles. The zero-order chi connectivity index (χ0) is 18.4. The van der Waals surface area contributed by atoms with E-state index in [4.69, 9.17) is 0 Å². The molecule has 0 aromatic heterocycles. The number of rotatable bonds is 4. The molecule has 27 heavy (non-hydrogen) atoms. The molecule has 144 valence electrons. The summed E-state index contributed by atoms with van der Waals surface area (Å²) >= 11 is 0. The summed E-state index contributed by atoms with van der Waals surface area (Å²) in [5, 5.41) is 6.47.